The monoisotopic (exact) mass is 449 g/mol. The van der Waals surface area contributed by atoms with Crippen molar-refractivity contribution in [3.63, 3.8) is 0 Å². The van der Waals surface area contributed by atoms with Crippen molar-refractivity contribution in [1.29, 1.82) is 0 Å². The van der Waals surface area contributed by atoms with Crippen LogP contribution in [0, 0.1) is 0 Å². The molecule has 2 rings (SSSR count). The quantitative estimate of drug-likeness (QED) is 0.707. The minimum atomic E-state index is -4.81. The predicted octanol–water partition coefficient (Wildman–Crippen LogP) is 3.63. The second-order valence-corrected chi connectivity index (χ2v) is 7.44. The van der Waals surface area contributed by atoms with Gasteiger partial charge in [0.1, 0.15) is 5.15 Å². The molecule has 0 aliphatic heterocycles. The van der Waals surface area contributed by atoms with Gasteiger partial charge in [-0.25, -0.2) is 18.1 Å². The number of rotatable bonds is 5. The molecule has 1 N–H and O–H groups in total. The van der Waals surface area contributed by atoms with Crippen molar-refractivity contribution in [2.24, 2.45) is 0 Å². The molecule has 6 nitrogen and oxygen atoms in total. The molecular formula is C14H10ClF6N3O3S. The summed E-state index contributed by atoms with van der Waals surface area (Å²) in [7, 11) is -4.72. The number of hydrogen-bond acceptors (Lipinski definition) is 4. The molecule has 14 heteroatoms. The molecular weight excluding hydrogens is 440 g/mol. The van der Waals surface area contributed by atoms with E-state index in [1.807, 2.05) is 0 Å². The minimum Gasteiger partial charge on any atom is -0.321 e. The zero-order valence-corrected chi connectivity index (χ0v) is 15.0. The Bertz CT molecular complexity index is 985. The second kappa shape index (κ2) is 7.62. The molecule has 0 aliphatic carbocycles. The van der Waals surface area contributed by atoms with E-state index in [-0.39, 0.29) is 0 Å². The van der Waals surface area contributed by atoms with Crippen LogP contribution in [-0.4, -0.2) is 30.1 Å². The number of nitrogens with zero attached hydrogens (tertiary/aromatic N) is 2. The summed E-state index contributed by atoms with van der Waals surface area (Å²) in [4.78, 5) is 14.7. The molecule has 0 radical (unpaired) electrons. The van der Waals surface area contributed by atoms with Crippen molar-refractivity contribution < 1.29 is 39.6 Å². The van der Waals surface area contributed by atoms with Crippen molar-refractivity contribution in [2.45, 2.75) is 30.2 Å². The fraction of sp³-hybridized carbons (Fsp3) is 0.286. The third-order valence-corrected chi connectivity index (χ3v) is 5.05. The van der Waals surface area contributed by atoms with E-state index in [9.17, 15) is 39.6 Å². The Kier molecular flexibility index (Phi) is 5.99. The number of nitrogens with one attached hydrogen (secondary N) is 1. The van der Waals surface area contributed by atoms with E-state index < -0.39 is 62.6 Å². The number of carbonyl (C=O) groups is 1. The maximum absolute atomic E-state index is 12.7. The van der Waals surface area contributed by atoms with Gasteiger partial charge in [0.25, 0.3) is 15.9 Å². The van der Waals surface area contributed by atoms with Gasteiger partial charge in [-0.1, -0.05) is 17.7 Å². The summed E-state index contributed by atoms with van der Waals surface area (Å²) in [6.07, 6.45) is -9.77. The van der Waals surface area contributed by atoms with Gasteiger partial charge in [0.05, 0.1) is 23.2 Å². The Morgan fingerprint density at radius 3 is 2.39 bits per heavy atom. The normalized spacial score (nSPS) is 12.8. The largest absolute Gasteiger partial charge is 0.416 e. The standard InChI is InChI=1S/C14H10ClF6N3O3S/c15-11-10(22-7-24(11)5-4-13(16,17)18)12(25)23-28(26,27)9-3-1-2-8(6-9)14(19,20)21/h1-3,6-7H,4-5H2,(H,23,25). The molecule has 28 heavy (non-hydrogen) atoms. The number of carbonyl (C=O) groups excluding carboxylic acids is 1. The molecule has 0 atom stereocenters. The minimum absolute atomic E-state index is 0.319. The van der Waals surface area contributed by atoms with Crippen LogP contribution in [0.25, 0.3) is 0 Å². The van der Waals surface area contributed by atoms with Crippen LogP contribution in [0.5, 0.6) is 0 Å². The molecule has 0 saturated carbocycles. The Labute approximate surface area is 159 Å². The number of alkyl halides is 6. The fourth-order valence-electron chi connectivity index (χ4n) is 1.99. The van der Waals surface area contributed by atoms with Crippen molar-refractivity contribution in [1.82, 2.24) is 14.3 Å². The summed E-state index contributed by atoms with van der Waals surface area (Å²) in [6.45, 7) is -0.664. The number of benzene rings is 1. The van der Waals surface area contributed by atoms with Gasteiger partial charge in [-0.15, -0.1) is 0 Å². The third-order valence-electron chi connectivity index (χ3n) is 3.32. The summed E-state index contributed by atoms with van der Waals surface area (Å²) < 4.78 is 101. The lowest BCUT2D eigenvalue weighted by molar-refractivity contribution is -0.138. The van der Waals surface area contributed by atoms with Crippen molar-refractivity contribution in [2.75, 3.05) is 0 Å². The topological polar surface area (TPSA) is 81.1 Å². The summed E-state index contributed by atoms with van der Waals surface area (Å²) in [5.74, 6) is -1.41. The van der Waals surface area contributed by atoms with E-state index in [4.69, 9.17) is 11.6 Å². The van der Waals surface area contributed by atoms with E-state index in [1.54, 1.807) is 0 Å². The highest BCUT2D eigenvalue weighted by Crippen LogP contribution is 2.30. The molecule has 0 saturated heterocycles. The highest BCUT2D eigenvalue weighted by Gasteiger charge is 2.32. The van der Waals surface area contributed by atoms with Gasteiger partial charge in [0.15, 0.2) is 5.69 Å². The van der Waals surface area contributed by atoms with Crippen LogP contribution in [0.4, 0.5) is 26.3 Å². The number of sulfonamides is 1. The first kappa shape index (κ1) is 22.0. The molecule has 1 aromatic heterocycles. The van der Waals surface area contributed by atoms with Crippen LogP contribution in [0.2, 0.25) is 5.15 Å². The smallest absolute Gasteiger partial charge is 0.321 e. The molecule has 1 heterocycles. The lowest BCUT2D eigenvalue weighted by Gasteiger charge is -2.10. The number of aromatic nitrogens is 2. The van der Waals surface area contributed by atoms with Crippen molar-refractivity contribution >= 4 is 27.5 Å². The van der Waals surface area contributed by atoms with Crippen LogP contribution in [-0.2, 0) is 22.7 Å². The lowest BCUT2D eigenvalue weighted by Crippen LogP contribution is -2.31. The number of amides is 1. The number of halogens is 7. The third kappa shape index (κ3) is 5.38. The van der Waals surface area contributed by atoms with E-state index in [2.05, 4.69) is 4.98 Å². The molecule has 0 unspecified atom stereocenters. The van der Waals surface area contributed by atoms with E-state index >= 15 is 0 Å². The highest BCUT2D eigenvalue weighted by atomic mass is 35.5. The number of imidazole rings is 1. The Morgan fingerprint density at radius 2 is 1.82 bits per heavy atom. The van der Waals surface area contributed by atoms with Gasteiger partial charge in [0, 0.05) is 6.54 Å². The summed E-state index contributed by atoms with van der Waals surface area (Å²) in [6, 6.07) is 2.62. The Balaban J connectivity index is 2.22. The number of hydrogen-bond donors (Lipinski definition) is 1. The van der Waals surface area contributed by atoms with Crippen LogP contribution < -0.4 is 4.72 Å². The zero-order chi connectivity index (χ0) is 21.3. The van der Waals surface area contributed by atoms with E-state index in [0.717, 1.165) is 23.0 Å². The van der Waals surface area contributed by atoms with Gasteiger partial charge >= 0.3 is 12.4 Å². The molecule has 0 aliphatic rings. The Hall–Kier alpha value is -2.28. The maximum atomic E-state index is 12.7. The summed E-state index contributed by atoms with van der Waals surface area (Å²) >= 11 is 5.74. The van der Waals surface area contributed by atoms with Gasteiger partial charge in [-0.2, -0.15) is 26.3 Å². The first-order chi connectivity index (χ1) is 12.7. The summed E-state index contributed by atoms with van der Waals surface area (Å²) in [5, 5.41) is -0.555. The van der Waals surface area contributed by atoms with Crippen LogP contribution >= 0.6 is 11.6 Å². The Morgan fingerprint density at radius 1 is 1.18 bits per heavy atom. The molecule has 2 aromatic rings. The second-order valence-electron chi connectivity index (χ2n) is 5.40. The van der Waals surface area contributed by atoms with Crippen molar-refractivity contribution in [3.8, 4) is 0 Å². The average molecular weight is 450 g/mol. The lowest BCUT2D eigenvalue weighted by atomic mass is 10.2. The van der Waals surface area contributed by atoms with Crippen LogP contribution in [0.3, 0.4) is 0 Å². The van der Waals surface area contributed by atoms with Gasteiger partial charge in [0.2, 0.25) is 0 Å². The van der Waals surface area contributed by atoms with Gasteiger partial charge in [-0.05, 0) is 18.2 Å². The molecule has 154 valence electrons. The maximum Gasteiger partial charge on any atom is 0.416 e. The van der Waals surface area contributed by atoms with Crippen LogP contribution in [0.1, 0.15) is 22.5 Å². The molecule has 1 amide bonds. The van der Waals surface area contributed by atoms with Gasteiger partial charge < -0.3 is 4.57 Å². The van der Waals surface area contributed by atoms with E-state index in [0.29, 0.717) is 12.1 Å². The first-order valence-corrected chi connectivity index (χ1v) is 9.08. The van der Waals surface area contributed by atoms with E-state index in [1.165, 1.54) is 4.72 Å². The molecule has 0 spiro atoms. The average Bonchev–Trinajstić information content (AvgIpc) is 2.92. The highest BCUT2D eigenvalue weighted by molar-refractivity contribution is 7.90. The molecule has 1 aromatic carbocycles. The first-order valence-electron chi connectivity index (χ1n) is 7.22. The zero-order valence-electron chi connectivity index (χ0n) is 13.5. The van der Waals surface area contributed by atoms with Gasteiger partial charge in [-0.3, -0.25) is 4.79 Å². The van der Waals surface area contributed by atoms with Crippen molar-refractivity contribution in [3.05, 3.63) is 47.0 Å². The predicted molar refractivity (Wildman–Crippen MR) is 84.0 cm³/mol. The molecule has 0 bridgehead atoms. The SMILES string of the molecule is O=C(NS(=O)(=O)c1cccc(C(F)(F)F)c1)c1ncn(CCC(F)(F)F)c1Cl. The number of aryl methyl sites for hydroxylation is 1. The molecule has 0 fully saturated rings. The van der Waals surface area contributed by atoms with Crippen LogP contribution in [0.15, 0.2) is 35.5 Å². The summed E-state index contributed by atoms with van der Waals surface area (Å²) in [5.41, 5.74) is -1.95. The fourth-order valence-corrected chi connectivity index (χ4v) is 3.25.